The minimum atomic E-state index is -3.62. The molecular weight excluding hydrogens is 292 g/mol. The standard InChI is InChI=1S/C14H18N2O4S/c1-2-19-14-6-5-13(8-11(14)9-15)21(17,18)16-10-12-4-3-7-20-12/h3-8,16H,2,9-10,15H2,1H3. The Bertz CT molecular complexity index is 681. The van der Waals surface area contributed by atoms with Gasteiger partial charge in [0.25, 0.3) is 0 Å². The Morgan fingerprint density at radius 3 is 2.76 bits per heavy atom. The Labute approximate surface area is 124 Å². The number of hydrogen-bond donors (Lipinski definition) is 2. The second-order valence-electron chi connectivity index (χ2n) is 4.31. The second-order valence-corrected chi connectivity index (χ2v) is 6.08. The lowest BCUT2D eigenvalue weighted by molar-refractivity contribution is 0.336. The number of benzene rings is 1. The van der Waals surface area contributed by atoms with Gasteiger partial charge in [0.15, 0.2) is 0 Å². The molecule has 0 spiro atoms. The van der Waals surface area contributed by atoms with Gasteiger partial charge in [0.1, 0.15) is 11.5 Å². The topological polar surface area (TPSA) is 94.6 Å². The van der Waals surface area contributed by atoms with Crippen LogP contribution in [0.2, 0.25) is 0 Å². The zero-order valence-corrected chi connectivity index (χ0v) is 12.5. The van der Waals surface area contributed by atoms with E-state index in [-0.39, 0.29) is 18.0 Å². The second kappa shape index (κ2) is 6.75. The van der Waals surface area contributed by atoms with Gasteiger partial charge in [-0.05, 0) is 37.3 Å². The first-order valence-electron chi connectivity index (χ1n) is 6.54. The average Bonchev–Trinajstić information content (AvgIpc) is 2.99. The van der Waals surface area contributed by atoms with E-state index >= 15 is 0 Å². The molecule has 6 nitrogen and oxygen atoms in total. The minimum absolute atomic E-state index is 0.0977. The zero-order valence-electron chi connectivity index (χ0n) is 11.7. The lowest BCUT2D eigenvalue weighted by atomic mass is 10.2. The number of rotatable bonds is 7. The molecule has 7 heteroatoms. The van der Waals surface area contributed by atoms with E-state index in [0.717, 1.165) is 0 Å². The van der Waals surface area contributed by atoms with Gasteiger partial charge >= 0.3 is 0 Å². The molecule has 1 aromatic carbocycles. The molecule has 0 saturated heterocycles. The lowest BCUT2D eigenvalue weighted by Gasteiger charge is -2.11. The van der Waals surface area contributed by atoms with Gasteiger partial charge in [0, 0.05) is 12.1 Å². The predicted octanol–water partition coefficient (Wildman–Crippen LogP) is 1.62. The molecule has 1 aromatic heterocycles. The third-order valence-electron chi connectivity index (χ3n) is 2.88. The van der Waals surface area contributed by atoms with Crippen molar-refractivity contribution in [3.63, 3.8) is 0 Å². The molecule has 114 valence electrons. The maximum atomic E-state index is 12.2. The van der Waals surface area contributed by atoms with Gasteiger partial charge in [0.2, 0.25) is 10.0 Å². The highest BCUT2D eigenvalue weighted by atomic mass is 32.2. The molecule has 1 heterocycles. The van der Waals surface area contributed by atoms with Crippen LogP contribution in [0, 0.1) is 0 Å². The largest absolute Gasteiger partial charge is 0.494 e. The van der Waals surface area contributed by atoms with E-state index in [9.17, 15) is 8.42 Å². The Kier molecular flexibility index (Phi) is 5.00. The fourth-order valence-electron chi connectivity index (χ4n) is 1.84. The minimum Gasteiger partial charge on any atom is -0.494 e. The van der Waals surface area contributed by atoms with Crippen molar-refractivity contribution >= 4 is 10.0 Å². The van der Waals surface area contributed by atoms with Crippen LogP contribution in [-0.4, -0.2) is 15.0 Å². The van der Waals surface area contributed by atoms with Gasteiger partial charge in [-0.3, -0.25) is 0 Å². The van der Waals surface area contributed by atoms with E-state index in [2.05, 4.69) is 4.72 Å². The number of nitrogens with one attached hydrogen (secondary N) is 1. The highest BCUT2D eigenvalue weighted by molar-refractivity contribution is 7.89. The van der Waals surface area contributed by atoms with Gasteiger partial charge in [-0.2, -0.15) is 0 Å². The molecule has 0 aliphatic carbocycles. The zero-order chi connectivity index (χ0) is 15.3. The number of ether oxygens (including phenoxy) is 1. The van der Waals surface area contributed by atoms with Gasteiger partial charge in [-0.1, -0.05) is 0 Å². The van der Waals surface area contributed by atoms with Gasteiger partial charge in [-0.25, -0.2) is 13.1 Å². The predicted molar refractivity (Wildman–Crippen MR) is 78.2 cm³/mol. The summed E-state index contributed by atoms with van der Waals surface area (Å²) < 4.78 is 37.4. The van der Waals surface area contributed by atoms with E-state index in [4.69, 9.17) is 14.9 Å². The lowest BCUT2D eigenvalue weighted by Crippen LogP contribution is -2.23. The molecule has 0 aliphatic rings. The SMILES string of the molecule is CCOc1ccc(S(=O)(=O)NCc2ccco2)cc1CN. The molecule has 0 unspecified atom stereocenters. The third kappa shape index (κ3) is 3.84. The Hall–Kier alpha value is -1.83. The molecule has 0 aliphatic heterocycles. The number of hydrogen-bond acceptors (Lipinski definition) is 5. The summed E-state index contributed by atoms with van der Waals surface area (Å²) in [4.78, 5) is 0.151. The highest BCUT2D eigenvalue weighted by Gasteiger charge is 2.16. The fourth-order valence-corrected chi connectivity index (χ4v) is 2.88. The van der Waals surface area contributed by atoms with Crippen molar-refractivity contribution in [3.05, 3.63) is 47.9 Å². The van der Waals surface area contributed by atoms with Crippen LogP contribution in [0.3, 0.4) is 0 Å². The van der Waals surface area contributed by atoms with E-state index in [1.807, 2.05) is 6.92 Å². The molecule has 2 aromatic rings. The first-order valence-corrected chi connectivity index (χ1v) is 8.03. The molecule has 0 amide bonds. The summed E-state index contributed by atoms with van der Waals surface area (Å²) in [6.45, 7) is 2.66. The summed E-state index contributed by atoms with van der Waals surface area (Å²) in [6.07, 6.45) is 1.49. The summed E-state index contributed by atoms with van der Waals surface area (Å²) in [7, 11) is -3.62. The summed E-state index contributed by atoms with van der Waals surface area (Å²) in [5.74, 6) is 1.15. The van der Waals surface area contributed by atoms with Crippen LogP contribution in [0.4, 0.5) is 0 Å². The van der Waals surface area contributed by atoms with Gasteiger partial charge in [-0.15, -0.1) is 0 Å². The van der Waals surface area contributed by atoms with Crippen LogP contribution >= 0.6 is 0 Å². The van der Waals surface area contributed by atoms with Crippen molar-refractivity contribution < 1.29 is 17.6 Å². The van der Waals surface area contributed by atoms with Crippen molar-refractivity contribution in [2.24, 2.45) is 5.73 Å². The summed E-state index contributed by atoms with van der Waals surface area (Å²) in [5.41, 5.74) is 6.28. The summed E-state index contributed by atoms with van der Waals surface area (Å²) in [5, 5.41) is 0. The average molecular weight is 310 g/mol. The molecule has 0 fully saturated rings. The normalized spacial score (nSPS) is 11.5. The van der Waals surface area contributed by atoms with Crippen LogP contribution in [0.25, 0.3) is 0 Å². The van der Waals surface area contributed by atoms with E-state index < -0.39 is 10.0 Å². The highest BCUT2D eigenvalue weighted by Crippen LogP contribution is 2.22. The summed E-state index contributed by atoms with van der Waals surface area (Å²) >= 11 is 0. The van der Waals surface area contributed by atoms with Crippen molar-refractivity contribution in [2.45, 2.75) is 24.9 Å². The van der Waals surface area contributed by atoms with Crippen molar-refractivity contribution in [1.82, 2.24) is 4.72 Å². The maximum Gasteiger partial charge on any atom is 0.240 e. The molecule has 2 rings (SSSR count). The maximum absolute atomic E-state index is 12.2. The molecule has 0 radical (unpaired) electrons. The fraction of sp³-hybridized carbons (Fsp3) is 0.286. The Balaban J connectivity index is 2.19. The third-order valence-corrected chi connectivity index (χ3v) is 4.28. The van der Waals surface area contributed by atoms with Crippen LogP contribution < -0.4 is 15.2 Å². The molecule has 21 heavy (non-hydrogen) atoms. The van der Waals surface area contributed by atoms with E-state index in [0.29, 0.717) is 23.7 Å². The number of sulfonamides is 1. The Morgan fingerprint density at radius 1 is 1.33 bits per heavy atom. The van der Waals surface area contributed by atoms with Crippen LogP contribution in [0.1, 0.15) is 18.2 Å². The first-order chi connectivity index (χ1) is 10.1. The van der Waals surface area contributed by atoms with Crippen LogP contribution in [-0.2, 0) is 23.1 Å². The first kappa shape index (κ1) is 15.6. The van der Waals surface area contributed by atoms with Gasteiger partial charge < -0.3 is 14.9 Å². The monoisotopic (exact) mass is 310 g/mol. The molecular formula is C14H18N2O4S. The van der Waals surface area contributed by atoms with E-state index in [1.54, 1.807) is 18.2 Å². The van der Waals surface area contributed by atoms with Crippen LogP contribution in [0.15, 0.2) is 45.9 Å². The summed E-state index contributed by atoms with van der Waals surface area (Å²) in [6, 6.07) is 8.04. The van der Waals surface area contributed by atoms with Crippen molar-refractivity contribution in [3.8, 4) is 5.75 Å². The van der Waals surface area contributed by atoms with Gasteiger partial charge in [0.05, 0.1) is 24.3 Å². The number of nitrogens with two attached hydrogens (primary N) is 1. The van der Waals surface area contributed by atoms with Crippen molar-refractivity contribution in [1.29, 1.82) is 0 Å². The molecule has 0 saturated carbocycles. The van der Waals surface area contributed by atoms with Crippen molar-refractivity contribution in [2.75, 3.05) is 6.61 Å². The van der Waals surface area contributed by atoms with E-state index in [1.165, 1.54) is 18.4 Å². The molecule has 0 bridgehead atoms. The molecule has 3 N–H and O–H groups in total. The quantitative estimate of drug-likeness (QED) is 0.810. The Morgan fingerprint density at radius 2 is 2.14 bits per heavy atom. The van der Waals surface area contributed by atoms with Crippen LogP contribution in [0.5, 0.6) is 5.75 Å². The molecule has 0 atom stereocenters. The number of furan rings is 1. The smallest absolute Gasteiger partial charge is 0.240 e.